The molecule has 0 aliphatic carbocycles. The first kappa shape index (κ1) is 12.2. The zero-order chi connectivity index (χ0) is 11.9. The highest BCUT2D eigenvalue weighted by atomic mass is 35.5. The first-order valence-corrected chi connectivity index (χ1v) is 6.61. The molecule has 0 saturated heterocycles. The van der Waals surface area contributed by atoms with E-state index in [0.29, 0.717) is 5.75 Å². The molecule has 1 aromatic rings. The molecule has 1 N–H and O–H groups in total. The van der Waals surface area contributed by atoms with Crippen molar-refractivity contribution in [3.8, 4) is 0 Å². The minimum absolute atomic E-state index is 0.0714. The first-order valence-electron chi connectivity index (χ1n) is 5.25. The maximum absolute atomic E-state index is 13.9. The number of benzene rings is 1. The summed E-state index contributed by atoms with van der Waals surface area (Å²) >= 11 is 7.56. The van der Waals surface area contributed by atoms with Crippen molar-refractivity contribution in [3.05, 3.63) is 34.1 Å². The number of fused-ring (bicyclic) bond motifs is 1. The summed E-state index contributed by atoms with van der Waals surface area (Å²) in [7, 11) is 1.91. The van der Waals surface area contributed by atoms with Crippen molar-refractivity contribution in [3.63, 3.8) is 0 Å². The maximum Gasteiger partial charge on any atom is 0.146 e. The third-order valence-electron chi connectivity index (χ3n) is 3.12. The van der Waals surface area contributed by atoms with Gasteiger partial charge in [-0.25, -0.2) is 4.39 Å². The van der Waals surface area contributed by atoms with Gasteiger partial charge in [0.05, 0.1) is 5.02 Å². The summed E-state index contributed by atoms with van der Waals surface area (Å²) in [6.07, 6.45) is 0. The Balaban J connectivity index is 2.55. The average Bonchev–Trinajstić information content (AvgIpc) is 2.22. The molecule has 1 aromatic carbocycles. The van der Waals surface area contributed by atoms with E-state index in [1.807, 2.05) is 13.1 Å². The molecule has 1 aliphatic rings. The molecule has 16 heavy (non-hydrogen) atoms. The molecule has 1 unspecified atom stereocenters. The Morgan fingerprint density at radius 2 is 2.19 bits per heavy atom. The molecule has 0 aromatic heterocycles. The van der Waals surface area contributed by atoms with Crippen LogP contribution in [0, 0.1) is 5.82 Å². The molecule has 1 atom stereocenters. The molecule has 0 bridgehead atoms. The summed E-state index contributed by atoms with van der Waals surface area (Å²) in [5.41, 5.74) is 1.78. The highest BCUT2D eigenvalue weighted by Gasteiger charge is 2.37. The number of hydrogen-bond donors (Lipinski definition) is 1. The van der Waals surface area contributed by atoms with Gasteiger partial charge in [0.2, 0.25) is 0 Å². The second-order valence-electron chi connectivity index (χ2n) is 4.54. The number of rotatable bonds is 1. The molecule has 2 rings (SSSR count). The van der Waals surface area contributed by atoms with Gasteiger partial charge in [-0.15, -0.1) is 11.8 Å². The fourth-order valence-electron chi connectivity index (χ4n) is 2.24. The Morgan fingerprint density at radius 1 is 1.50 bits per heavy atom. The lowest BCUT2D eigenvalue weighted by atomic mass is 9.91. The molecule has 4 heteroatoms. The van der Waals surface area contributed by atoms with Gasteiger partial charge in [0.25, 0.3) is 0 Å². The zero-order valence-corrected chi connectivity index (χ0v) is 11.2. The van der Waals surface area contributed by atoms with Crippen LogP contribution in [0.5, 0.6) is 0 Å². The van der Waals surface area contributed by atoms with E-state index in [4.69, 9.17) is 11.6 Å². The third-order valence-corrected chi connectivity index (χ3v) is 4.82. The molecule has 1 aliphatic heterocycles. The van der Waals surface area contributed by atoms with Crippen LogP contribution in [0.3, 0.4) is 0 Å². The van der Waals surface area contributed by atoms with Crippen molar-refractivity contribution >= 4 is 23.4 Å². The lowest BCUT2D eigenvalue weighted by Gasteiger charge is -2.39. The monoisotopic (exact) mass is 259 g/mol. The van der Waals surface area contributed by atoms with Crippen LogP contribution in [-0.4, -0.2) is 11.8 Å². The molecule has 1 nitrogen and oxygen atoms in total. The summed E-state index contributed by atoms with van der Waals surface area (Å²) < 4.78 is 13.9. The molecule has 0 radical (unpaired) electrons. The van der Waals surface area contributed by atoms with Gasteiger partial charge < -0.3 is 5.32 Å². The smallest absolute Gasteiger partial charge is 0.146 e. The molecule has 0 saturated carbocycles. The fourth-order valence-corrected chi connectivity index (χ4v) is 3.64. The standard InChI is InChI=1S/C12H15ClFNS/c1-12(2)11(15-3)7-4-5-9(13)10(14)8(7)6-16-12/h4-5,11,15H,6H2,1-3H3. The van der Waals surface area contributed by atoms with Crippen molar-refractivity contribution in [2.24, 2.45) is 0 Å². The number of thioether (sulfide) groups is 1. The van der Waals surface area contributed by atoms with E-state index in [1.54, 1.807) is 17.8 Å². The largest absolute Gasteiger partial charge is 0.312 e. The SMILES string of the molecule is CNC1c2ccc(Cl)c(F)c2CSC1(C)C. The summed E-state index contributed by atoms with van der Waals surface area (Å²) in [5.74, 6) is 0.426. The van der Waals surface area contributed by atoms with Crippen LogP contribution in [0.15, 0.2) is 12.1 Å². The Kier molecular flexibility index (Phi) is 3.21. The molecule has 1 heterocycles. The Bertz CT molecular complexity index is 420. The van der Waals surface area contributed by atoms with Crippen LogP contribution in [0.4, 0.5) is 4.39 Å². The Morgan fingerprint density at radius 3 is 2.81 bits per heavy atom. The van der Waals surface area contributed by atoms with Crippen LogP contribution in [0.2, 0.25) is 5.02 Å². The van der Waals surface area contributed by atoms with Crippen molar-refractivity contribution < 1.29 is 4.39 Å². The van der Waals surface area contributed by atoms with Gasteiger partial charge in [-0.05, 0) is 32.5 Å². The highest BCUT2D eigenvalue weighted by Crippen LogP contribution is 2.46. The second kappa shape index (κ2) is 4.21. The van der Waals surface area contributed by atoms with Crippen molar-refractivity contribution in [1.82, 2.24) is 5.32 Å². The van der Waals surface area contributed by atoms with Gasteiger partial charge in [-0.1, -0.05) is 17.7 Å². The predicted molar refractivity (Wildman–Crippen MR) is 68.6 cm³/mol. The maximum atomic E-state index is 13.9. The van der Waals surface area contributed by atoms with Gasteiger partial charge >= 0.3 is 0 Å². The minimum atomic E-state index is -0.262. The van der Waals surface area contributed by atoms with E-state index in [9.17, 15) is 4.39 Å². The molecular formula is C12H15ClFNS. The molecule has 0 fully saturated rings. The summed E-state index contributed by atoms with van der Waals surface area (Å²) in [6, 6.07) is 3.74. The van der Waals surface area contributed by atoms with Gasteiger partial charge in [-0.3, -0.25) is 0 Å². The van der Waals surface area contributed by atoms with Crippen LogP contribution in [0.1, 0.15) is 31.0 Å². The predicted octanol–water partition coefficient (Wildman–Crippen LogP) is 3.77. The van der Waals surface area contributed by atoms with Gasteiger partial charge in [0.1, 0.15) is 5.82 Å². The topological polar surface area (TPSA) is 12.0 Å². The van der Waals surface area contributed by atoms with Crippen LogP contribution in [-0.2, 0) is 5.75 Å². The highest BCUT2D eigenvalue weighted by molar-refractivity contribution is 8.00. The van der Waals surface area contributed by atoms with Crippen LogP contribution in [0.25, 0.3) is 0 Å². The summed E-state index contributed by atoms with van der Waals surface area (Å²) in [6.45, 7) is 4.35. The normalized spacial score (nSPS) is 22.9. The summed E-state index contributed by atoms with van der Waals surface area (Å²) in [5, 5.41) is 3.48. The number of halogens is 2. The van der Waals surface area contributed by atoms with Gasteiger partial charge in [0.15, 0.2) is 0 Å². The van der Waals surface area contributed by atoms with Gasteiger partial charge in [0, 0.05) is 22.1 Å². The summed E-state index contributed by atoms with van der Waals surface area (Å²) in [4.78, 5) is 0. The van der Waals surface area contributed by atoms with Crippen molar-refractivity contribution in [2.45, 2.75) is 30.4 Å². The van der Waals surface area contributed by atoms with Crippen molar-refractivity contribution in [1.29, 1.82) is 0 Å². The fraction of sp³-hybridized carbons (Fsp3) is 0.500. The van der Waals surface area contributed by atoms with E-state index in [-0.39, 0.29) is 21.6 Å². The third kappa shape index (κ3) is 1.85. The minimum Gasteiger partial charge on any atom is -0.312 e. The van der Waals surface area contributed by atoms with Gasteiger partial charge in [-0.2, -0.15) is 0 Å². The number of hydrogen-bond acceptors (Lipinski definition) is 2. The lowest BCUT2D eigenvalue weighted by molar-refractivity contribution is 0.468. The van der Waals surface area contributed by atoms with E-state index in [0.717, 1.165) is 11.1 Å². The Hall–Kier alpha value is -0.250. The Labute approximate surface area is 105 Å². The first-order chi connectivity index (χ1) is 7.47. The second-order valence-corrected chi connectivity index (χ2v) is 6.58. The molecule has 88 valence electrons. The number of nitrogens with one attached hydrogen (secondary N) is 1. The molecular weight excluding hydrogens is 245 g/mol. The van der Waals surface area contributed by atoms with Crippen LogP contribution >= 0.6 is 23.4 Å². The van der Waals surface area contributed by atoms with E-state index >= 15 is 0 Å². The quantitative estimate of drug-likeness (QED) is 0.824. The average molecular weight is 260 g/mol. The lowest BCUT2D eigenvalue weighted by Crippen LogP contribution is -2.38. The van der Waals surface area contributed by atoms with Crippen molar-refractivity contribution in [2.75, 3.05) is 7.05 Å². The van der Waals surface area contributed by atoms with E-state index in [1.165, 1.54) is 0 Å². The molecule has 0 spiro atoms. The molecule has 0 amide bonds. The zero-order valence-electron chi connectivity index (χ0n) is 9.60. The van der Waals surface area contributed by atoms with Crippen LogP contribution < -0.4 is 5.32 Å². The van der Waals surface area contributed by atoms with E-state index in [2.05, 4.69) is 19.2 Å². The van der Waals surface area contributed by atoms with E-state index < -0.39 is 0 Å².